The number of nitrogens with zero attached hydrogens (tertiary/aromatic N) is 1. The number of carbonyl (C=O) groups is 2. The first kappa shape index (κ1) is 16.0. The largest absolute Gasteiger partial charge is 0.443 e. The predicted octanol–water partition coefficient (Wildman–Crippen LogP) is 4.07. The Labute approximate surface area is 146 Å². The molecule has 3 rings (SSSR count). The first-order chi connectivity index (χ1) is 10.1. The Morgan fingerprint density at radius 3 is 2.09 bits per heavy atom. The lowest BCUT2D eigenvalue weighted by molar-refractivity contribution is -0.156. The van der Waals surface area contributed by atoms with Crippen LogP contribution < -0.4 is 0 Å². The van der Waals surface area contributed by atoms with Crippen molar-refractivity contribution in [3.05, 3.63) is 32.2 Å². The second kappa shape index (κ2) is 5.06. The lowest BCUT2D eigenvalue weighted by atomic mass is 9.76. The molecule has 1 aliphatic carbocycles. The van der Waals surface area contributed by atoms with E-state index in [-0.39, 0.29) is 5.91 Å². The minimum absolute atomic E-state index is 0.120. The number of amides is 2. The molecule has 2 aliphatic rings. The van der Waals surface area contributed by atoms with Crippen LogP contribution in [0.1, 0.15) is 31.9 Å². The molecule has 0 N–H and O–H groups in total. The number of hydrogen-bond acceptors (Lipinski definition) is 3. The molecule has 1 saturated heterocycles. The SMILES string of the molecule is CC(C)(C)OC(=O)N1CC2(Cc3cc(Br)c(Br)cc3C2)C1=O. The lowest BCUT2D eigenvalue weighted by Crippen LogP contribution is -2.64. The van der Waals surface area contributed by atoms with E-state index in [1.54, 1.807) is 20.8 Å². The van der Waals surface area contributed by atoms with E-state index in [1.807, 2.05) is 0 Å². The Morgan fingerprint density at radius 1 is 1.18 bits per heavy atom. The third-order valence-electron chi connectivity index (χ3n) is 4.07. The van der Waals surface area contributed by atoms with E-state index >= 15 is 0 Å². The predicted molar refractivity (Wildman–Crippen MR) is 89.6 cm³/mol. The van der Waals surface area contributed by atoms with Gasteiger partial charge in [-0.1, -0.05) is 0 Å². The van der Waals surface area contributed by atoms with Gasteiger partial charge in [0.2, 0.25) is 5.91 Å². The molecule has 0 radical (unpaired) electrons. The van der Waals surface area contributed by atoms with Crippen LogP contribution in [0.2, 0.25) is 0 Å². The standard InChI is InChI=1S/C16H17Br2NO3/c1-15(2,3)22-14(21)19-8-16(13(19)20)6-9-4-11(17)12(18)5-10(9)7-16/h4-5H,6-8H2,1-3H3. The highest BCUT2D eigenvalue weighted by Crippen LogP contribution is 2.47. The maximum Gasteiger partial charge on any atom is 0.417 e. The molecule has 1 aromatic carbocycles. The number of ether oxygens (including phenoxy) is 1. The van der Waals surface area contributed by atoms with Gasteiger partial charge in [-0.3, -0.25) is 4.79 Å². The molecular weight excluding hydrogens is 414 g/mol. The molecule has 0 atom stereocenters. The number of benzene rings is 1. The minimum Gasteiger partial charge on any atom is -0.443 e. The van der Waals surface area contributed by atoms with Gasteiger partial charge in [0.1, 0.15) is 5.60 Å². The zero-order valence-corrected chi connectivity index (χ0v) is 15.9. The average molecular weight is 431 g/mol. The first-order valence-electron chi connectivity index (χ1n) is 7.13. The monoisotopic (exact) mass is 429 g/mol. The molecule has 22 heavy (non-hydrogen) atoms. The van der Waals surface area contributed by atoms with E-state index in [9.17, 15) is 9.59 Å². The van der Waals surface area contributed by atoms with E-state index in [2.05, 4.69) is 44.0 Å². The lowest BCUT2D eigenvalue weighted by Gasteiger charge is -2.45. The van der Waals surface area contributed by atoms with Gasteiger partial charge in [-0.25, -0.2) is 9.69 Å². The summed E-state index contributed by atoms with van der Waals surface area (Å²) >= 11 is 6.99. The van der Waals surface area contributed by atoms with Crippen LogP contribution in [0.4, 0.5) is 4.79 Å². The molecule has 1 spiro atoms. The summed E-state index contributed by atoms with van der Waals surface area (Å²) in [5.74, 6) is -0.120. The quantitative estimate of drug-likeness (QED) is 0.582. The van der Waals surface area contributed by atoms with Gasteiger partial charge in [0.25, 0.3) is 0 Å². The molecule has 1 heterocycles. The molecule has 6 heteroatoms. The summed E-state index contributed by atoms with van der Waals surface area (Å²) in [6, 6.07) is 4.11. The third kappa shape index (κ3) is 2.60. The van der Waals surface area contributed by atoms with Crippen LogP contribution >= 0.6 is 31.9 Å². The Hall–Kier alpha value is -0.880. The van der Waals surface area contributed by atoms with Gasteiger partial charge in [-0.15, -0.1) is 0 Å². The Balaban J connectivity index is 1.75. The van der Waals surface area contributed by atoms with E-state index in [1.165, 1.54) is 16.0 Å². The summed E-state index contributed by atoms with van der Waals surface area (Å²) < 4.78 is 7.25. The van der Waals surface area contributed by atoms with Crippen molar-refractivity contribution in [2.45, 2.75) is 39.2 Å². The molecular formula is C16H17Br2NO3. The second-order valence-corrected chi connectivity index (χ2v) is 8.75. The Morgan fingerprint density at radius 2 is 1.68 bits per heavy atom. The molecule has 2 amide bonds. The number of carbonyl (C=O) groups excluding carboxylic acids is 2. The Bertz CT molecular complexity index is 648. The molecule has 1 aliphatic heterocycles. The summed E-state index contributed by atoms with van der Waals surface area (Å²) in [6.45, 7) is 5.83. The summed E-state index contributed by atoms with van der Waals surface area (Å²) in [6.07, 6.45) is 0.833. The van der Waals surface area contributed by atoms with Crippen LogP contribution in [0.25, 0.3) is 0 Å². The van der Waals surface area contributed by atoms with Gasteiger partial charge in [-0.05, 0) is 88.7 Å². The highest BCUT2D eigenvalue weighted by molar-refractivity contribution is 9.13. The molecule has 118 valence electrons. The van der Waals surface area contributed by atoms with E-state index in [4.69, 9.17) is 4.74 Å². The highest BCUT2D eigenvalue weighted by Gasteiger charge is 2.57. The van der Waals surface area contributed by atoms with Crippen molar-refractivity contribution in [2.75, 3.05) is 6.54 Å². The average Bonchev–Trinajstić information content (AvgIpc) is 2.75. The third-order valence-corrected chi connectivity index (χ3v) is 5.92. The van der Waals surface area contributed by atoms with Crippen molar-refractivity contribution in [3.8, 4) is 0 Å². The van der Waals surface area contributed by atoms with Gasteiger partial charge in [-0.2, -0.15) is 0 Å². The highest BCUT2D eigenvalue weighted by atomic mass is 79.9. The van der Waals surface area contributed by atoms with Gasteiger partial charge < -0.3 is 4.74 Å². The number of likely N-dealkylation sites (tertiary alicyclic amines) is 1. The topological polar surface area (TPSA) is 46.6 Å². The molecule has 0 unspecified atom stereocenters. The van der Waals surface area contributed by atoms with Crippen LogP contribution in [0.15, 0.2) is 21.1 Å². The van der Waals surface area contributed by atoms with Gasteiger partial charge >= 0.3 is 6.09 Å². The van der Waals surface area contributed by atoms with Gasteiger partial charge in [0.15, 0.2) is 0 Å². The van der Waals surface area contributed by atoms with Crippen molar-refractivity contribution in [1.29, 1.82) is 0 Å². The molecule has 0 bridgehead atoms. The summed E-state index contributed by atoms with van der Waals surface area (Å²) in [7, 11) is 0. The van der Waals surface area contributed by atoms with Crippen molar-refractivity contribution >= 4 is 43.9 Å². The molecule has 0 saturated carbocycles. The molecule has 0 aromatic heterocycles. The van der Waals surface area contributed by atoms with Crippen LogP contribution in [-0.4, -0.2) is 29.0 Å². The van der Waals surface area contributed by atoms with Gasteiger partial charge in [0, 0.05) is 15.5 Å². The zero-order valence-electron chi connectivity index (χ0n) is 12.7. The van der Waals surface area contributed by atoms with Crippen LogP contribution in [0.5, 0.6) is 0 Å². The number of halogens is 2. The fourth-order valence-electron chi connectivity index (χ4n) is 3.11. The Kier molecular flexibility index (Phi) is 3.68. The van der Waals surface area contributed by atoms with E-state index in [0.29, 0.717) is 19.4 Å². The number of rotatable bonds is 0. The zero-order chi connectivity index (χ0) is 16.3. The second-order valence-electron chi connectivity index (χ2n) is 7.04. The number of imide groups is 1. The van der Waals surface area contributed by atoms with Crippen LogP contribution in [-0.2, 0) is 22.4 Å². The summed E-state index contributed by atoms with van der Waals surface area (Å²) in [5, 5.41) is 0. The number of fused-ring (bicyclic) bond motifs is 1. The minimum atomic E-state index is -0.589. The number of β-lactam (4-membered cyclic amide) rings is 1. The van der Waals surface area contributed by atoms with Crippen molar-refractivity contribution in [1.82, 2.24) is 4.90 Å². The van der Waals surface area contributed by atoms with Gasteiger partial charge in [0.05, 0.1) is 5.41 Å². The van der Waals surface area contributed by atoms with Crippen LogP contribution in [0.3, 0.4) is 0 Å². The van der Waals surface area contributed by atoms with Crippen LogP contribution in [0, 0.1) is 5.41 Å². The number of hydrogen-bond donors (Lipinski definition) is 0. The van der Waals surface area contributed by atoms with Crippen molar-refractivity contribution in [2.24, 2.45) is 5.41 Å². The van der Waals surface area contributed by atoms with Crippen molar-refractivity contribution < 1.29 is 14.3 Å². The van der Waals surface area contributed by atoms with E-state index < -0.39 is 17.1 Å². The molecule has 1 fully saturated rings. The molecule has 1 aromatic rings. The maximum atomic E-state index is 12.6. The normalized spacial score (nSPS) is 19.1. The van der Waals surface area contributed by atoms with E-state index in [0.717, 1.165) is 8.95 Å². The fraction of sp³-hybridized carbons (Fsp3) is 0.500. The molecule has 4 nitrogen and oxygen atoms in total. The summed E-state index contributed by atoms with van der Waals surface area (Å²) in [5.41, 5.74) is 1.30. The maximum absolute atomic E-state index is 12.6. The summed E-state index contributed by atoms with van der Waals surface area (Å²) in [4.78, 5) is 25.8. The van der Waals surface area contributed by atoms with Crippen molar-refractivity contribution in [3.63, 3.8) is 0 Å². The smallest absolute Gasteiger partial charge is 0.417 e. The fourth-order valence-corrected chi connectivity index (χ4v) is 3.90. The first-order valence-corrected chi connectivity index (χ1v) is 8.72.